The SMILES string of the molecule is Cc1c(C#Cc2cnc3ccc(N4CCC(OCCOCCNCCOCCOc5cccc6c5C(=O)N(C5CCC(=O)NC5=O)C6=O)CC4)nn23)cccc1C(=O)Nc1cc(Cl)cc(C(F)(F)F)c1. The van der Waals surface area contributed by atoms with Gasteiger partial charge in [0, 0.05) is 54.4 Å². The van der Waals surface area contributed by atoms with Gasteiger partial charge in [0.2, 0.25) is 11.8 Å². The quantitative estimate of drug-likeness (QED) is 0.0571. The Bertz CT molecular complexity index is 2860. The lowest BCUT2D eigenvalue weighted by Gasteiger charge is -2.32. The molecule has 1 atom stereocenters. The van der Waals surface area contributed by atoms with Crippen molar-refractivity contribution in [2.24, 2.45) is 0 Å². The molecule has 366 valence electrons. The van der Waals surface area contributed by atoms with E-state index in [0.717, 1.165) is 48.8 Å². The van der Waals surface area contributed by atoms with Crippen molar-refractivity contribution >= 4 is 58.3 Å². The summed E-state index contributed by atoms with van der Waals surface area (Å²) in [5.41, 5.74) is 1.67. The summed E-state index contributed by atoms with van der Waals surface area (Å²) >= 11 is 5.90. The second-order valence-electron chi connectivity index (χ2n) is 16.5. The van der Waals surface area contributed by atoms with Gasteiger partial charge in [-0.2, -0.15) is 13.2 Å². The number of ether oxygens (including phenoxy) is 4. The highest BCUT2D eigenvalue weighted by molar-refractivity contribution is 6.31. The molecule has 1 unspecified atom stereocenters. The van der Waals surface area contributed by atoms with Crippen LogP contribution in [0, 0.1) is 18.8 Å². The summed E-state index contributed by atoms with van der Waals surface area (Å²) < 4.78 is 64.9. The lowest BCUT2D eigenvalue weighted by molar-refractivity contribution is -0.138. The lowest BCUT2D eigenvalue weighted by Crippen LogP contribution is -2.54. The molecule has 5 heterocycles. The molecule has 17 nitrogen and oxygen atoms in total. The fourth-order valence-electron chi connectivity index (χ4n) is 8.25. The number of carbonyl (C=O) groups excluding carboxylic acids is 5. The topological polar surface area (TPSA) is 195 Å². The van der Waals surface area contributed by atoms with Crippen molar-refractivity contribution in [2.45, 2.75) is 50.9 Å². The van der Waals surface area contributed by atoms with Crippen LogP contribution in [0.15, 0.2) is 72.9 Å². The first-order valence-corrected chi connectivity index (χ1v) is 23.0. The van der Waals surface area contributed by atoms with Crippen molar-refractivity contribution in [2.75, 3.05) is 76.0 Å². The summed E-state index contributed by atoms with van der Waals surface area (Å²) in [6.07, 6.45) is -1.20. The van der Waals surface area contributed by atoms with Crippen LogP contribution in [0.3, 0.4) is 0 Å². The Morgan fingerprint density at radius 3 is 2.40 bits per heavy atom. The number of benzene rings is 3. The second kappa shape index (κ2) is 22.2. The smallest absolute Gasteiger partial charge is 0.416 e. The van der Waals surface area contributed by atoms with E-state index in [2.05, 4.69) is 37.7 Å². The number of nitrogens with zero attached hydrogens (tertiary/aromatic N) is 5. The van der Waals surface area contributed by atoms with Crippen molar-refractivity contribution in [1.82, 2.24) is 30.1 Å². The molecule has 3 aromatic carbocycles. The largest absolute Gasteiger partial charge is 0.490 e. The molecule has 0 spiro atoms. The minimum absolute atomic E-state index is 0.0377. The van der Waals surface area contributed by atoms with Gasteiger partial charge >= 0.3 is 6.18 Å². The molecule has 3 N–H and O–H groups in total. The zero-order valence-corrected chi connectivity index (χ0v) is 38.7. The first kappa shape index (κ1) is 49.5. The monoisotopic (exact) mass is 984 g/mol. The van der Waals surface area contributed by atoms with Gasteiger partial charge in [0.1, 0.15) is 29.9 Å². The number of fused-ring (bicyclic) bond motifs is 2. The van der Waals surface area contributed by atoms with E-state index in [4.69, 9.17) is 35.6 Å². The lowest BCUT2D eigenvalue weighted by atomic mass is 10.0. The molecule has 3 aliphatic heterocycles. The molecule has 0 aliphatic carbocycles. The van der Waals surface area contributed by atoms with Crippen LogP contribution in [-0.4, -0.2) is 127 Å². The van der Waals surface area contributed by atoms with Gasteiger partial charge in [-0.15, -0.1) is 5.10 Å². The van der Waals surface area contributed by atoms with Crippen LogP contribution in [0.1, 0.15) is 79.1 Å². The molecule has 70 heavy (non-hydrogen) atoms. The second-order valence-corrected chi connectivity index (χ2v) is 17.0. The fourth-order valence-corrected chi connectivity index (χ4v) is 8.48. The minimum Gasteiger partial charge on any atom is -0.490 e. The molecular formula is C49H48ClF3N8O9. The van der Waals surface area contributed by atoms with Crippen molar-refractivity contribution in [3.8, 4) is 17.6 Å². The highest BCUT2D eigenvalue weighted by atomic mass is 35.5. The van der Waals surface area contributed by atoms with E-state index in [1.807, 2.05) is 12.1 Å². The van der Waals surface area contributed by atoms with Gasteiger partial charge in [-0.05, 0) is 92.3 Å². The highest BCUT2D eigenvalue weighted by Gasteiger charge is 2.46. The zero-order valence-electron chi connectivity index (χ0n) is 37.9. The first-order chi connectivity index (χ1) is 33.7. The van der Waals surface area contributed by atoms with Crippen LogP contribution in [0.25, 0.3) is 5.65 Å². The Balaban J connectivity index is 0.703. The third-order valence-corrected chi connectivity index (χ3v) is 12.1. The van der Waals surface area contributed by atoms with Crippen molar-refractivity contribution in [3.63, 3.8) is 0 Å². The molecule has 2 fully saturated rings. The average molecular weight is 985 g/mol. The van der Waals surface area contributed by atoms with Gasteiger partial charge < -0.3 is 34.5 Å². The summed E-state index contributed by atoms with van der Waals surface area (Å²) in [4.78, 5) is 70.9. The van der Waals surface area contributed by atoms with E-state index < -0.39 is 47.3 Å². The number of carbonyl (C=O) groups is 5. The number of anilines is 2. The van der Waals surface area contributed by atoms with Gasteiger partial charge in [0.05, 0.1) is 62.0 Å². The number of piperidine rings is 2. The zero-order chi connectivity index (χ0) is 49.4. The van der Waals surface area contributed by atoms with E-state index in [0.29, 0.717) is 62.0 Å². The number of imide groups is 2. The number of hydrogen-bond donors (Lipinski definition) is 3. The third kappa shape index (κ3) is 11.7. The van der Waals surface area contributed by atoms with Crippen molar-refractivity contribution in [3.05, 3.63) is 117 Å². The molecule has 21 heteroatoms. The molecule has 2 aromatic heterocycles. The number of aromatic nitrogens is 3. The van der Waals surface area contributed by atoms with Crippen LogP contribution in [0.4, 0.5) is 24.7 Å². The van der Waals surface area contributed by atoms with Crippen LogP contribution < -0.4 is 25.6 Å². The summed E-state index contributed by atoms with van der Waals surface area (Å²) in [5, 5.41) is 12.6. The number of alkyl halides is 3. The van der Waals surface area contributed by atoms with Gasteiger partial charge in [0.15, 0.2) is 5.65 Å². The van der Waals surface area contributed by atoms with E-state index in [-0.39, 0.29) is 65.3 Å². The number of amides is 5. The Morgan fingerprint density at radius 2 is 1.64 bits per heavy atom. The Hall–Kier alpha value is -6.89. The molecule has 0 radical (unpaired) electrons. The maximum Gasteiger partial charge on any atom is 0.416 e. The molecule has 5 amide bonds. The van der Waals surface area contributed by atoms with E-state index in [1.165, 1.54) is 12.1 Å². The number of rotatable bonds is 18. The predicted octanol–water partition coefficient (Wildman–Crippen LogP) is 5.45. The summed E-state index contributed by atoms with van der Waals surface area (Å²) in [6, 6.07) is 15.3. The highest BCUT2D eigenvalue weighted by Crippen LogP contribution is 2.35. The van der Waals surface area contributed by atoms with E-state index >= 15 is 0 Å². The Labute approximate surface area is 404 Å². The molecule has 0 bridgehead atoms. The number of halogens is 4. The Kier molecular flexibility index (Phi) is 15.7. The molecule has 0 saturated carbocycles. The van der Waals surface area contributed by atoms with Crippen molar-refractivity contribution in [1.29, 1.82) is 0 Å². The van der Waals surface area contributed by atoms with Crippen LogP contribution in [0.5, 0.6) is 5.75 Å². The standard InChI is InChI=1S/C49H48ClF3N8O9/c1-30-31(4-2-5-37(30)45(63)56-34-27-32(49(51,52)53)26-33(50)28-34)8-9-35-29-55-41-11-12-42(58-61(35)41)59-18-14-36(15-19-59)69-24-22-67-20-16-54-17-21-68-23-25-70-40-7-3-6-38-44(40)48(66)60(47(38)65)39-10-13-43(62)57-46(39)64/h2-7,11-12,26-29,36,39,54H,10,13-25H2,1H3,(H,56,63)(H,57,62,64). The van der Waals surface area contributed by atoms with Gasteiger partial charge in [-0.1, -0.05) is 29.7 Å². The maximum absolute atomic E-state index is 13.3. The summed E-state index contributed by atoms with van der Waals surface area (Å²) in [7, 11) is 0. The van der Waals surface area contributed by atoms with E-state index in [9.17, 15) is 37.1 Å². The predicted molar refractivity (Wildman–Crippen MR) is 249 cm³/mol. The summed E-state index contributed by atoms with van der Waals surface area (Å²) in [5.74, 6) is 4.25. The number of hydrogen-bond acceptors (Lipinski definition) is 13. The molecule has 3 aliphatic rings. The first-order valence-electron chi connectivity index (χ1n) is 22.6. The number of nitrogens with one attached hydrogen (secondary N) is 3. The molecular weight excluding hydrogens is 937 g/mol. The van der Waals surface area contributed by atoms with Gasteiger partial charge in [0.25, 0.3) is 17.7 Å². The molecule has 2 saturated heterocycles. The Morgan fingerprint density at radius 1 is 0.886 bits per heavy atom. The summed E-state index contributed by atoms with van der Waals surface area (Å²) in [6.45, 7) is 6.58. The molecule has 8 rings (SSSR count). The minimum atomic E-state index is -4.63. The van der Waals surface area contributed by atoms with Gasteiger partial charge in [-0.25, -0.2) is 9.50 Å². The average Bonchev–Trinajstić information content (AvgIpc) is 3.86. The third-order valence-electron chi connectivity index (χ3n) is 11.8. The van der Waals surface area contributed by atoms with Crippen molar-refractivity contribution < 1.29 is 56.1 Å². The van der Waals surface area contributed by atoms with Gasteiger partial charge in [-0.3, -0.25) is 34.2 Å². The molecule has 5 aromatic rings. The van der Waals surface area contributed by atoms with E-state index in [1.54, 1.807) is 48.0 Å². The maximum atomic E-state index is 13.3. The number of imidazole rings is 1. The van der Waals surface area contributed by atoms with Crippen LogP contribution in [-0.2, 0) is 30.0 Å². The van der Waals surface area contributed by atoms with Crippen LogP contribution >= 0.6 is 11.6 Å². The normalized spacial score (nSPS) is 16.3. The van der Waals surface area contributed by atoms with Crippen LogP contribution in [0.2, 0.25) is 5.02 Å². The fraction of sp³-hybridized carbons (Fsp3) is 0.367.